The first-order valence-corrected chi connectivity index (χ1v) is 23.4. The highest BCUT2D eigenvalue weighted by atomic mass is 32.1. The molecule has 3 heterocycles. The molecular weight excluding hydrogens is 809 g/mol. The van der Waals surface area contributed by atoms with Crippen molar-refractivity contribution in [3.63, 3.8) is 0 Å². The van der Waals surface area contributed by atoms with E-state index < -0.39 is 0 Å². The summed E-state index contributed by atoms with van der Waals surface area (Å²) in [5.74, 6) is 1.98. The van der Waals surface area contributed by atoms with E-state index >= 15 is 0 Å². The standard InChI is InChI=1S/C60H48N4S/c1-58(2)48-29-25-42(36-49(48)59(3,4)60(58,5)6)40-27-31-51-46(34-40)45-33-39(26-30-50(45)64(51)43-21-14-9-15-22-43)41-28-32-52-47(35-41)54-44(23-16-24-53(54)65-52)57-62-55(37-17-10-7-11-18-37)61-56(63-57)38-19-12-8-13-20-38/h7-36H,1-6H3. The average molecular weight is 857 g/mol. The van der Waals surface area contributed by atoms with Crippen molar-refractivity contribution in [3.8, 4) is 62.1 Å². The van der Waals surface area contributed by atoms with E-state index in [0.29, 0.717) is 17.5 Å². The summed E-state index contributed by atoms with van der Waals surface area (Å²) >= 11 is 1.81. The van der Waals surface area contributed by atoms with E-state index in [-0.39, 0.29) is 16.2 Å². The van der Waals surface area contributed by atoms with Gasteiger partial charge in [0.1, 0.15) is 0 Å². The Morgan fingerprint density at radius 1 is 0.385 bits per heavy atom. The third-order valence-corrected chi connectivity index (χ3v) is 16.5. The van der Waals surface area contributed by atoms with Gasteiger partial charge in [0.15, 0.2) is 17.5 Å². The van der Waals surface area contributed by atoms with Gasteiger partial charge in [-0.15, -0.1) is 11.3 Å². The Hall–Kier alpha value is -7.21. The van der Waals surface area contributed by atoms with Gasteiger partial charge in [0.25, 0.3) is 0 Å². The Labute approximate surface area is 383 Å². The first kappa shape index (κ1) is 39.4. The molecule has 4 nitrogen and oxygen atoms in total. The quantitative estimate of drug-likeness (QED) is 0.167. The number of benzene rings is 8. The zero-order valence-electron chi connectivity index (χ0n) is 37.5. The summed E-state index contributed by atoms with van der Waals surface area (Å²) in [6.07, 6.45) is 0. The number of nitrogens with zero attached hydrogens (tertiary/aromatic N) is 4. The number of rotatable bonds is 6. The van der Waals surface area contributed by atoms with Crippen LogP contribution in [0.3, 0.4) is 0 Å². The van der Waals surface area contributed by atoms with E-state index in [4.69, 9.17) is 15.0 Å². The zero-order chi connectivity index (χ0) is 44.2. The van der Waals surface area contributed by atoms with Crippen molar-refractivity contribution in [3.05, 3.63) is 193 Å². The molecule has 0 fully saturated rings. The number of fused-ring (bicyclic) bond motifs is 7. The minimum Gasteiger partial charge on any atom is -0.309 e. The Kier molecular flexibility index (Phi) is 8.73. The van der Waals surface area contributed by atoms with Crippen LogP contribution < -0.4 is 0 Å². The van der Waals surface area contributed by atoms with Crippen LogP contribution in [-0.2, 0) is 10.8 Å². The van der Waals surface area contributed by atoms with Gasteiger partial charge in [-0.1, -0.05) is 169 Å². The lowest BCUT2D eigenvalue weighted by Crippen LogP contribution is -2.42. The molecule has 3 aromatic heterocycles. The Bertz CT molecular complexity index is 3610. The SMILES string of the molecule is CC1(C)c2ccc(-c3ccc4c(c3)c3cc(-c5ccc6sc7cccc(-c8nc(-c9ccccc9)nc(-c9ccccc9)n8)c7c6c5)ccc3n4-c3ccccc3)cc2C(C)(C)C1(C)C. The Morgan fingerprint density at radius 2 is 0.877 bits per heavy atom. The fraction of sp³-hybridized carbons (Fsp3) is 0.150. The maximum Gasteiger partial charge on any atom is 0.164 e. The predicted molar refractivity (Wildman–Crippen MR) is 274 cm³/mol. The summed E-state index contributed by atoms with van der Waals surface area (Å²) in [7, 11) is 0. The molecule has 65 heavy (non-hydrogen) atoms. The van der Waals surface area contributed by atoms with Crippen LogP contribution in [0.25, 0.3) is 104 Å². The third-order valence-electron chi connectivity index (χ3n) is 15.4. The van der Waals surface area contributed by atoms with Crippen LogP contribution in [0.2, 0.25) is 0 Å². The highest BCUT2D eigenvalue weighted by molar-refractivity contribution is 7.26. The van der Waals surface area contributed by atoms with E-state index in [9.17, 15) is 0 Å². The normalized spacial score (nSPS) is 15.0. The topological polar surface area (TPSA) is 43.6 Å². The smallest absolute Gasteiger partial charge is 0.164 e. The van der Waals surface area contributed by atoms with E-state index in [2.05, 4.69) is 192 Å². The molecule has 0 saturated heterocycles. The largest absolute Gasteiger partial charge is 0.309 e. The van der Waals surface area contributed by atoms with E-state index in [1.54, 1.807) is 0 Å². The number of hydrogen-bond acceptors (Lipinski definition) is 4. The summed E-state index contributed by atoms with van der Waals surface area (Å²) < 4.78 is 4.85. The molecule has 0 unspecified atom stereocenters. The molecule has 12 rings (SSSR count). The van der Waals surface area contributed by atoms with E-state index in [1.165, 1.54) is 70.0 Å². The molecular formula is C60H48N4S. The summed E-state index contributed by atoms with van der Waals surface area (Å²) in [6, 6.07) is 65.8. The molecule has 0 spiro atoms. The van der Waals surface area contributed by atoms with Crippen LogP contribution in [0.1, 0.15) is 52.7 Å². The predicted octanol–water partition coefficient (Wildman–Crippen LogP) is 16.3. The van der Waals surface area contributed by atoms with Crippen molar-refractivity contribution in [2.24, 2.45) is 5.41 Å². The highest BCUT2D eigenvalue weighted by Gasteiger charge is 2.56. The van der Waals surface area contributed by atoms with Crippen LogP contribution in [0.5, 0.6) is 0 Å². The molecule has 314 valence electrons. The van der Waals surface area contributed by atoms with E-state index in [0.717, 1.165) is 27.8 Å². The monoisotopic (exact) mass is 856 g/mol. The molecule has 0 amide bonds. The van der Waals surface area contributed by atoms with Gasteiger partial charge in [0.2, 0.25) is 0 Å². The van der Waals surface area contributed by atoms with Crippen molar-refractivity contribution in [2.75, 3.05) is 0 Å². The first-order chi connectivity index (χ1) is 31.5. The molecule has 0 saturated carbocycles. The van der Waals surface area contributed by atoms with Gasteiger partial charge in [-0.25, -0.2) is 15.0 Å². The van der Waals surface area contributed by atoms with Gasteiger partial charge < -0.3 is 4.57 Å². The molecule has 11 aromatic rings. The first-order valence-electron chi connectivity index (χ1n) is 22.6. The van der Waals surface area contributed by atoms with Crippen molar-refractivity contribution in [1.29, 1.82) is 0 Å². The van der Waals surface area contributed by atoms with Crippen LogP contribution in [0, 0.1) is 5.41 Å². The molecule has 0 N–H and O–H groups in total. The molecule has 0 aliphatic heterocycles. The van der Waals surface area contributed by atoms with Crippen LogP contribution in [0.4, 0.5) is 0 Å². The lowest BCUT2D eigenvalue weighted by molar-refractivity contribution is 0.125. The molecule has 0 atom stereocenters. The van der Waals surface area contributed by atoms with Gasteiger partial charge in [0, 0.05) is 53.3 Å². The minimum atomic E-state index is 0.0291. The molecule has 1 aliphatic rings. The van der Waals surface area contributed by atoms with Crippen molar-refractivity contribution in [1.82, 2.24) is 19.5 Å². The zero-order valence-corrected chi connectivity index (χ0v) is 38.3. The second kappa shape index (κ2) is 14.4. The molecule has 5 heteroatoms. The van der Waals surface area contributed by atoms with Gasteiger partial charge >= 0.3 is 0 Å². The maximum atomic E-state index is 5.15. The summed E-state index contributed by atoms with van der Waals surface area (Å²) in [5.41, 5.74) is 14.4. The van der Waals surface area contributed by atoms with Crippen molar-refractivity contribution in [2.45, 2.75) is 52.4 Å². The third kappa shape index (κ3) is 5.98. The lowest BCUT2D eigenvalue weighted by atomic mass is 9.59. The van der Waals surface area contributed by atoms with Gasteiger partial charge in [-0.05, 0) is 104 Å². The van der Waals surface area contributed by atoms with Crippen LogP contribution >= 0.6 is 11.3 Å². The van der Waals surface area contributed by atoms with Crippen LogP contribution in [-0.4, -0.2) is 19.5 Å². The fourth-order valence-corrected chi connectivity index (χ4v) is 11.7. The number of hydrogen-bond donors (Lipinski definition) is 0. The maximum absolute atomic E-state index is 5.15. The van der Waals surface area contributed by atoms with Gasteiger partial charge in [-0.2, -0.15) is 0 Å². The fourth-order valence-electron chi connectivity index (χ4n) is 10.6. The van der Waals surface area contributed by atoms with E-state index in [1.807, 2.05) is 47.7 Å². The second-order valence-electron chi connectivity index (χ2n) is 19.3. The van der Waals surface area contributed by atoms with Crippen molar-refractivity contribution >= 4 is 53.3 Å². The van der Waals surface area contributed by atoms with Gasteiger partial charge in [0.05, 0.1) is 11.0 Å². The summed E-state index contributed by atoms with van der Waals surface area (Å²) in [4.78, 5) is 15.3. The highest BCUT2D eigenvalue weighted by Crippen LogP contribution is 2.62. The lowest BCUT2D eigenvalue weighted by Gasteiger charge is -2.44. The summed E-state index contributed by atoms with van der Waals surface area (Å²) in [6.45, 7) is 14.6. The molecule has 0 radical (unpaired) electrons. The Balaban J connectivity index is 1.02. The number of para-hydroxylation sites is 1. The number of thiophene rings is 1. The number of aromatic nitrogens is 4. The Morgan fingerprint density at radius 3 is 1.48 bits per heavy atom. The molecule has 1 aliphatic carbocycles. The minimum absolute atomic E-state index is 0.0291. The van der Waals surface area contributed by atoms with Gasteiger partial charge in [-0.3, -0.25) is 0 Å². The molecule has 0 bridgehead atoms. The van der Waals surface area contributed by atoms with Crippen LogP contribution in [0.15, 0.2) is 182 Å². The molecule has 8 aromatic carbocycles. The summed E-state index contributed by atoms with van der Waals surface area (Å²) in [5, 5.41) is 4.83. The second-order valence-corrected chi connectivity index (χ2v) is 20.4. The average Bonchev–Trinajstić information content (AvgIpc) is 3.92. The van der Waals surface area contributed by atoms with Crippen molar-refractivity contribution < 1.29 is 0 Å².